The van der Waals surface area contributed by atoms with E-state index in [1.807, 2.05) is 6.07 Å². The van der Waals surface area contributed by atoms with Crippen molar-refractivity contribution in [2.45, 2.75) is 0 Å². The van der Waals surface area contributed by atoms with E-state index in [0.717, 1.165) is 0 Å². The molecule has 3 N–H and O–H groups in total. The Balaban J connectivity index is 2.41. The maximum absolute atomic E-state index is 11.2. The van der Waals surface area contributed by atoms with Gasteiger partial charge in [0.25, 0.3) is 5.91 Å². The van der Waals surface area contributed by atoms with Crippen molar-refractivity contribution in [2.24, 2.45) is 5.73 Å². The van der Waals surface area contributed by atoms with Crippen LogP contribution in [0.1, 0.15) is 10.4 Å². The summed E-state index contributed by atoms with van der Waals surface area (Å²) in [5.41, 5.74) is 5.35. The van der Waals surface area contributed by atoms with Crippen molar-refractivity contribution in [1.29, 1.82) is 0 Å². The van der Waals surface area contributed by atoms with Crippen LogP contribution in [-0.2, 0) is 0 Å². The minimum Gasteiger partial charge on any atom is -0.504 e. The third-order valence-electron chi connectivity index (χ3n) is 2.22. The number of hydrogen-bond acceptors (Lipinski definition) is 3. The molecule has 0 atom stereocenters. The Kier molecular flexibility index (Phi) is 2.96. The number of carbonyl (C=O) groups excluding carboxylic acids is 1. The second kappa shape index (κ2) is 4.57. The van der Waals surface area contributed by atoms with Crippen molar-refractivity contribution >= 4 is 5.91 Å². The third-order valence-corrected chi connectivity index (χ3v) is 2.22. The summed E-state index contributed by atoms with van der Waals surface area (Å²) in [6, 6.07) is 13.3. The fraction of sp³-hybridized carbons (Fsp3) is 0. The second-order valence-electron chi connectivity index (χ2n) is 3.43. The van der Waals surface area contributed by atoms with E-state index in [9.17, 15) is 9.90 Å². The van der Waals surface area contributed by atoms with Crippen molar-refractivity contribution < 1.29 is 14.6 Å². The molecule has 86 valence electrons. The number of nitrogens with two attached hydrogens (primary N) is 1. The normalized spacial score (nSPS) is 9.88. The van der Waals surface area contributed by atoms with Crippen LogP contribution in [0.3, 0.4) is 0 Å². The summed E-state index contributed by atoms with van der Waals surface area (Å²) >= 11 is 0. The monoisotopic (exact) mass is 229 g/mol. The number of ether oxygens (including phenoxy) is 1. The minimum atomic E-state index is -0.646. The molecule has 2 rings (SSSR count). The number of rotatable bonds is 3. The highest BCUT2D eigenvalue weighted by molar-refractivity contribution is 5.96. The molecule has 0 spiro atoms. The first kappa shape index (κ1) is 11.0. The molecule has 0 aliphatic carbocycles. The zero-order valence-electron chi connectivity index (χ0n) is 8.96. The lowest BCUT2D eigenvalue weighted by Gasteiger charge is -2.10. The molecule has 0 unspecified atom stereocenters. The van der Waals surface area contributed by atoms with E-state index in [1.165, 1.54) is 18.2 Å². The number of para-hydroxylation sites is 2. The van der Waals surface area contributed by atoms with Crippen molar-refractivity contribution in [3.63, 3.8) is 0 Å². The first-order chi connectivity index (χ1) is 8.18. The van der Waals surface area contributed by atoms with Gasteiger partial charge in [-0.1, -0.05) is 24.3 Å². The Bertz CT molecular complexity index is 538. The number of aromatic hydroxyl groups is 1. The molecule has 0 aliphatic rings. The van der Waals surface area contributed by atoms with Crippen LogP contribution < -0.4 is 10.5 Å². The smallest absolute Gasteiger partial charge is 0.252 e. The Morgan fingerprint density at radius 2 is 1.76 bits per heavy atom. The highest BCUT2D eigenvalue weighted by atomic mass is 16.5. The number of phenolic OH excluding ortho intramolecular Hbond substituents is 1. The molecule has 0 aromatic heterocycles. The summed E-state index contributed by atoms with van der Waals surface area (Å²) in [5.74, 6) is -0.167. The van der Waals surface area contributed by atoms with Crippen LogP contribution >= 0.6 is 0 Å². The Labute approximate surface area is 98.3 Å². The first-order valence-corrected chi connectivity index (χ1v) is 5.03. The molecule has 4 nitrogen and oxygen atoms in total. The average Bonchev–Trinajstić information content (AvgIpc) is 2.33. The molecule has 1 amide bonds. The van der Waals surface area contributed by atoms with Crippen molar-refractivity contribution in [3.05, 3.63) is 54.1 Å². The molecular formula is C13H11NO3. The Morgan fingerprint density at radius 3 is 2.41 bits per heavy atom. The van der Waals surface area contributed by atoms with Gasteiger partial charge in [0, 0.05) is 0 Å². The van der Waals surface area contributed by atoms with Crippen LogP contribution in [0.15, 0.2) is 48.5 Å². The van der Waals surface area contributed by atoms with Gasteiger partial charge in [-0.25, -0.2) is 0 Å². The van der Waals surface area contributed by atoms with Gasteiger partial charge in [-0.05, 0) is 24.3 Å². The van der Waals surface area contributed by atoms with Gasteiger partial charge in [0.05, 0.1) is 5.56 Å². The SMILES string of the molecule is NC(=O)c1cccc(O)c1Oc1ccccc1. The van der Waals surface area contributed by atoms with Crippen molar-refractivity contribution in [3.8, 4) is 17.2 Å². The summed E-state index contributed by atoms with van der Waals surface area (Å²) in [4.78, 5) is 11.2. The average molecular weight is 229 g/mol. The number of benzene rings is 2. The molecule has 0 aliphatic heterocycles. The van der Waals surface area contributed by atoms with Gasteiger partial charge < -0.3 is 15.6 Å². The van der Waals surface area contributed by atoms with Crippen LogP contribution in [0, 0.1) is 0 Å². The van der Waals surface area contributed by atoms with Crippen LogP contribution in [0.4, 0.5) is 0 Å². The third kappa shape index (κ3) is 2.36. The summed E-state index contributed by atoms with van der Waals surface area (Å²) in [6.45, 7) is 0. The highest BCUT2D eigenvalue weighted by Gasteiger charge is 2.14. The van der Waals surface area contributed by atoms with Gasteiger partial charge in [0.15, 0.2) is 11.5 Å². The summed E-state index contributed by atoms with van der Waals surface area (Å²) in [5, 5.41) is 9.67. The van der Waals surface area contributed by atoms with Crippen LogP contribution in [0.25, 0.3) is 0 Å². The molecule has 0 radical (unpaired) electrons. The van der Waals surface area contributed by atoms with Crippen molar-refractivity contribution in [2.75, 3.05) is 0 Å². The zero-order chi connectivity index (χ0) is 12.3. The van der Waals surface area contributed by atoms with Gasteiger partial charge >= 0.3 is 0 Å². The van der Waals surface area contributed by atoms with E-state index in [1.54, 1.807) is 24.3 Å². The van der Waals surface area contributed by atoms with Crippen LogP contribution in [0.2, 0.25) is 0 Å². The molecule has 2 aromatic carbocycles. The number of hydrogen-bond donors (Lipinski definition) is 2. The van der Waals surface area contributed by atoms with E-state index in [0.29, 0.717) is 5.75 Å². The molecule has 2 aromatic rings. The molecular weight excluding hydrogens is 218 g/mol. The van der Waals surface area contributed by atoms with E-state index in [-0.39, 0.29) is 17.1 Å². The van der Waals surface area contributed by atoms with Crippen molar-refractivity contribution in [1.82, 2.24) is 0 Å². The van der Waals surface area contributed by atoms with Gasteiger partial charge in [-0.15, -0.1) is 0 Å². The molecule has 17 heavy (non-hydrogen) atoms. The number of amides is 1. The lowest BCUT2D eigenvalue weighted by molar-refractivity contribution is 0.0997. The predicted molar refractivity (Wildman–Crippen MR) is 63.1 cm³/mol. The van der Waals surface area contributed by atoms with E-state index >= 15 is 0 Å². The maximum atomic E-state index is 11.2. The fourth-order valence-electron chi connectivity index (χ4n) is 1.43. The summed E-state index contributed by atoms with van der Waals surface area (Å²) in [6.07, 6.45) is 0. The van der Waals surface area contributed by atoms with Crippen LogP contribution in [-0.4, -0.2) is 11.0 Å². The summed E-state index contributed by atoms with van der Waals surface area (Å²) < 4.78 is 5.45. The number of primary amides is 1. The van der Waals surface area contributed by atoms with E-state index in [4.69, 9.17) is 10.5 Å². The second-order valence-corrected chi connectivity index (χ2v) is 3.43. The molecule has 0 fully saturated rings. The zero-order valence-corrected chi connectivity index (χ0v) is 8.96. The topological polar surface area (TPSA) is 72.6 Å². The molecule has 0 heterocycles. The molecule has 0 bridgehead atoms. The Morgan fingerprint density at radius 1 is 1.06 bits per heavy atom. The maximum Gasteiger partial charge on any atom is 0.252 e. The van der Waals surface area contributed by atoms with Gasteiger partial charge in [-0.3, -0.25) is 4.79 Å². The van der Waals surface area contributed by atoms with Gasteiger partial charge in [-0.2, -0.15) is 0 Å². The first-order valence-electron chi connectivity index (χ1n) is 5.03. The number of phenols is 1. The standard InChI is InChI=1S/C13H11NO3/c14-13(16)10-7-4-8-11(15)12(10)17-9-5-2-1-3-6-9/h1-8,15H,(H2,14,16). The highest BCUT2D eigenvalue weighted by Crippen LogP contribution is 2.33. The lowest BCUT2D eigenvalue weighted by atomic mass is 10.2. The fourth-order valence-corrected chi connectivity index (χ4v) is 1.43. The molecule has 0 saturated carbocycles. The number of carbonyl (C=O) groups is 1. The van der Waals surface area contributed by atoms with Gasteiger partial charge in [0.2, 0.25) is 0 Å². The minimum absolute atomic E-state index is 0.0752. The predicted octanol–water partition coefficient (Wildman–Crippen LogP) is 2.28. The molecule has 4 heteroatoms. The Hall–Kier alpha value is -2.49. The van der Waals surface area contributed by atoms with Gasteiger partial charge in [0.1, 0.15) is 5.75 Å². The lowest BCUT2D eigenvalue weighted by Crippen LogP contribution is -2.12. The van der Waals surface area contributed by atoms with E-state index in [2.05, 4.69) is 0 Å². The van der Waals surface area contributed by atoms with Crippen LogP contribution in [0.5, 0.6) is 17.2 Å². The quantitative estimate of drug-likeness (QED) is 0.848. The molecule has 0 saturated heterocycles. The summed E-state index contributed by atoms with van der Waals surface area (Å²) in [7, 11) is 0. The largest absolute Gasteiger partial charge is 0.504 e. The van der Waals surface area contributed by atoms with E-state index < -0.39 is 5.91 Å².